The van der Waals surface area contributed by atoms with E-state index in [0.29, 0.717) is 33.3 Å². The lowest BCUT2D eigenvalue weighted by atomic mass is 9.81. The highest BCUT2D eigenvalue weighted by Crippen LogP contribution is 2.40. The van der Waals surface area contributed by atoms with Gasteiger partial charge in [0.2, 0.25) is 0 Å². The molecule has 0 bridgehead atoms. The second kappa shape index (κ2) is 12.2. The van der Waals surface area contributed by atoms with Crippen molar-refractivity contribution >= 4 is 29.0 Å². The Hall–Kier alpha value is -2.71. The minimum absolute atomic E-state index is 0.237. The maximum Gasteiger partial charge on any atom is 0.336 e. The highest BCUT2D eigenvalue weighted by molar-refractivity contribution is 7.80. The number of morpholine rings is 1. The number of ether oxygens (including phenoxy) is 4. The molecule has 8 nitrogen and oxygen atoms in total. The van der Waals surface area contributed by atoms with Crippen molar-refractivity contribution in [2.24, 2.45) is 0 Å². The molecule has 168 valence electrons. The third kappa shape index (κ3) is 6.15. The molecule has 3 rings (SSSR count). The lowest BCUT2D eigenvalue weighted by Crippen LogP contribution is -2.87. The lowest BCUT2D eigenvalue weighted by Gasteiger charge is -2.30. The molecule has 2 aliphatic rings. The van der Waals surface area contributed by atoms with Crippen molar-refractivity contribution in [1.29, 1.82) is 0 Å². The zero-order valence-corrected chi connectivity index (χ0v) is 19.1. The fourth-order valence-corrected chi connectivity index (χ4v) is 3.65. The fraction of sp³-hybridized carbons (Fsp3) is 0.455. The van der Waals surface area contributed by atoms with E-state index < -0.39 is 11.9 Å². The zero-order chi connectivity index (χ0) is 22.8. The third-order valence-electron chi connectivity index (χ3n) is 4.82. The number of thiocarbonyl (C=S) groups is 1. The summed E-state index contributed by atoms with van der Waals surface area (Å²) in [6, 6.07) is 5.25. The lowest BCUT2D eigenvalue weighted by molar-refractivity contribution is -0.670. The Kier molecular flexibility index (Phi) is 9.68. The van der Waals surface area contributed by atoms with Gasteiger partial charge in [0.1, 0.15) is 4.99 Å². The molecule has 1 fully saturated rings. The Morgan fingerprint density at radius 2 is 1.97 bits per heavy atom. The van der Waals surface area contributed by atoms with Crippen LogP contribution in [0.4, 0.5) is 0 Å². The molecule has 1 unspecified atom stereocenters. The Morgan fingerprint density at radius 1 is 1.29 bits per heavy atom. The predicted octanol–water partition coefficient (Wildman–Crippen LogP) is 1.30. The van der Waals surface area contributed by atoms with Gasteiger partial charge in [0.25, 0.3) is 0 Å². The van der Waals surface area contributed by atoms with Gasteiger partial charge in [-0.05, 0) is 31.5 Å². The number of nitrogens with one attached hydrogen (secondary N) is 1. The molecule has 0 aliphatic carbocycles. The van der Waals surface area contributed by atoms with E-state index in [2.05, 4.69) is 16.5 Å². The number of hydrogen-bond acceptors (Lipinski definition) is 6. The van der Waals surface area contributed by atoms with Gasteiger partial charge in [-0.15, -0.1) is 0 Å². The van der Waals surface area contributed by atoms with E-state index in [9.17, 15) is 10.2 Å². The molecule has 2 aliphatic heterocycles. The number of carbonyl (C=O) groups excluding carboxylic acids is 1. The summed E-state index contributed by atoms with van der Waals surface area (Å²) < 4.78 is 20.8. The van der Waals surface area contributed by atoms with Crippen LogP contribution in [-0.4, -0.2) is 64.0 Å². The third-order valence-corrected chi connectivity index (χ3v) is 5.14. The van der Waals surface area contributed by atoms with E-state index in [1.165, 1.54) is 14.2 Å². The van der Waals surface area contributed by atoms with Crippen LogP contribution >= 0.6 is 12.2 Å². The maximum absolute atomic E-state index is 12.5. The molecule has 0 saturated carbocycles. The molecule has 0 spiro atoms. The van der Waals surface area contributed by atoms with Crippen LogP contribution < -0.4 is 20.1 Å². The van der Waals surface area contributed by atoms with Crippen LogP contribution in [0, 0.1) is 0 Å². The number of carbonyl (C=O) groups is 1. The van der Waals surface area contributed by atoms with Crippen LogP contribution in [-0.2, 0) is 14.3 Å². The van der Waals surface area contributed by atoms with Crippen molar-refractivity contribution in [2.75, 3.05) is 47.1 Å². The van der Waals surface area contributed by atoms with Gasteiger partial charge < -0.3 is 35.0 Å². The average Bonchev–Trinajstić information content (AvgIpc) is 2.79. The van der Waals surface area contributed by atoms with Crippen LogP contribution in [0.5, 0.6) is 11.5 Å². The Balaban J connectivity index is 0.000000488. The molecule has 31 heavy (non-hydrogen) atoms. The number of nitrogens with two attached hydrogens (primary N) is 1. The molecular formula is C22H29N3O5S. The molecule has 1 aromatic rings. The highest BCUT2D eigenvalue weighted by Gasteiger charge is 2.35. The predicted molar refractivity (Wildman–Crippen MR) is 122 cm³/mol. The van der Waals surface area contributed by atoms with E-state index >= 15 is 0 Å². The van der Waals surface area contributed by atoms with Crippen LogP contribution in [0.3, 0.4) is 0 Å². The topological polar surface area (TPSA) is 105 Å². The summed E-state index contributed by atoms with van der Waals surface area (Å²) in [5.74, 6) is 2.06. The molecule has 1 aromatic carbocycles. The number of methoxy groups -OCH3 is 2. The van der Waals surface area contributed by atoms with Gasteiger partial charge in [0.05, 0.1) is 58.6 Å². The first-order valence-electron chi connectivity index (χ1n) is 10.1. The summed E-state index contributed by atoms with van der Waals surface area (Å²) in [5.41, 5.74) is 1.91. The average molecular weight is 448 g/mol. The molecule has 2 heterocycles. The second-order valence-electron chi connectivity index (χ2n) is 6.76. The van der Waals surface area contributed by atoms with Crippen LogP contribution in [0.15, 0.2) is 35.0 Å². The first-order valence-corrected chi connectivity index (χ1v) is 10.5. The van der Waals surface area contributed by atoms with Crippen molar-refractivity contribution in [3.05, 3.63) is 46.0 Å². The zero-order valence-electron chi connectivity index (χ0n) is 18.3. The number of allylic oxidation sites excluding steroid dienone is 1. The van der Waals surface area contributed by atoms with Gasteiger partial charge in [-0.3, -0.25) is 5.87 Å². The number of esters is 1. The van der Waals surface area contributed by atoms with Gasteiger partial charge in [-0.25, -0.2) is 4.79 Å². The highest BCUT2D eigenvalue weighted by atomic mass is 32.1. The van der Waals surface area contributed by atoms with E-state index in [-0.39, 0.29) is 12.2 Å². The van der Waals surface area contributed by atoms with E-state index in [1.807, 2.05) is 0 Å². The smallest absolute Gasteiger partial charge is 0.336 e. The molecule has 0 aromatic heterocycles. The van der Waals surface area contributed by atoms with Gasteiger partial charge in [-0.1, -0.05) is 18.3 Å². The first kappa shape index (κ1) is 24.6. The molecular weight excluding hydrogens is 418 g/mol. The normalized spacial score (nSPS) is 18.3. The maximum atomic E-state index is 12.5. The number of quaternary nitrogens is 1. The summed E-state index contributed by atoms with van der Waals surface area (Å²) >= 11 is 5.28. The second-order valence-corrected chi connectivity index (χ2v) is 7.17. The SMILES string of the molecule is C1COCC[NH2+]1.CCOC(=O)C1=C(C)NC(=S)C(=C=[N-])C1c1ccc(OC)c(OC)c1. The van der Waals surface area contributed by atoms with Gasteiger partial charge in [-0.2, -0.15) is 0 Å². The number of rotatable bonds is 5. The number of nitrogens with zero attached hydrogens (tertiary/aromatic N) is 1. The van der Waals surface area contributed by atoms with Crippen molar-refractivity contribution in [1.82, 2.24) is 5.32 Å². The summed E-state index contributed by atoms with van der Waals surface area (Å²) in [5, 5.41) is 14.8. The molecule has 1 saturated heterocycles. The molecule has 9 heteroatoms. The van der Waals surface area contributed by atoms with Crippen molar-refractivity contribution in [3.63, 3.8) is 0 Å². The van der Waals surface area contributed by atoms with Crippen LogP contribution in [0.2, 0.25) is 0 Å². The van der Waals surface area contributed by atoms with Gasteiger partial charge in [0, 0.05) is 11.3 Å². The number of benzene rings is 1. The summed E-state index contributed by atoms with van der Waals surface area (Å²) in [6.07, 6.45) is 0. The Labute approximate surface area is 188 Å². The minimum Gasteiger partial charge on any atom is -0.763 e. The summed E-state index contributed by atoms with van der Waals surface area (Å²) in [6.45, 7) is 7.90. The fourth-order valence-electron chi connectivity index (χ4n) is 3.34. The van der Waals surface area contributed by atoms with Crippen molar-refractivity contribution < 1.29 is 29.1 Å². The Morgan fingerprint density at radius 3 is 2.45 bits per heavy atom. The molecule has 0 amide bonds. The molecule has 0 radical (unpaired) electrons. The molecule has 3 N–H and O–H groups in total. The summed E-state index contributed by atoms with van der Waals surface area (Å²) in [7, 11) is 3.06. The van der Waals surface area contributed by atoms with Gasteiger partial charge >= 0.3 is 5.97 Å². The van der Waals surface area contributed by atoms with Crippen molar-refractivity contribution in [2.45, 2.75) is 19.8 Å². The minimum atomic E-state index is -0.627. The molecule has 1 atom stereocenters. The Bertz CT molecular complexity index is 878. The van der Waals surface area contributed by atoms with E-state index in [0.717, 1.165) is 26.3 Å². The van der Waals surface area contributed by atoms with Crippen molar-refractivity contribution in [3.8, 4) is 11.5 Å². The van der Waals surface area contributed by atoms with Crippen LogP contribution in [0.1, 0.15) is 25.3 Å². The van der Waals surface area contributed by atoms with E-state index in [1.54, 1.807) is 32.0 Å². The monoisotopic (exact) mass is 447 g/mol. The van der Waals surface area contributed by atoms with Crippen LogP contribution in [0.25, 0.3) is 5.41 Å². The number of hydrogen-bond donors (Lipinski definition) is 2. The summed E-state index contributed by atoms with van der Waals surface area (Å²) in [4.78, 5) is 12.8. The largest absolute Gasteiger partial charge is 0.763 e. The van der Waals surface area contributed by atoms with Gasteiger partial charge in [0.15, 0.2) is 11.5 Å². The van der Waals surface area contributed by atoms with E-state index in [4.69, 9.17) is 31.2 Å². The standard InChI is InChI=1S/C18H19N2O4S.C4H9NO/c1-5-24-18(21)15-10(2)20-17(25)12(9-19)16(15)11-6-7-13(22-3)14(8-11)23-4;1-3-6-4-2-5-1/h6-8,16H,5H2,1-4H3,(H,20,25);5H,1-4H2/q-1;/p+1. The first-order chi connectivity index (χ1) is 15.0. The quantitative estimate of drug-likeness (QED) is 0.303.